The largest absolute Gasteiger partial charge is 0.370 e. The van der Waals surface area contributed by atoms with Gasteiger partial charge in [-0.15, -0.1) is 24.0 Å². The van der Waals surface area contributed by atoms with Gasteiger partial charge in [0, 0.05) is 51.3 Å². The summed E-state index contributed by atoms with van der Waals surface area (Å²) in [6, 6.07) is 8.48. The molecule has 0 aromatic heterocycles. The normalized spacial score (nSPS) is 14.4. The van der Waals surface area contributed by atoms with Gasteiger partial charge in [0.15, 0.2) is 5.96 Å². The Bertz CT molecular complexity index is 679. The van der Waals surface area contributed by atoms with E-state index in [0.29, 0.717) is 44.9 Å². The maximum Gasteiger partial charge on any atom is 0.229 e. The van der Waals surface area contributed by atoms with Crippen LogP contribution < -0.4 is 15.5 Å². The lowest BCUT2D eigenvalue weighted by Gasteiger charge is -2.25. The molecular weight excluding hydrogens is 481 g/mol. The molecule has 2 N–H and O–H groups in total. The number of carbonyl (C=O) groups excluding carboxylic acids is 2. The highest BCUT2D eigenvalue weighted by molar-refractivity contribution is 14.0. The van der Waals surface area contributed by atoms with Crippen molar-refractivity contribution in [2.45, 2.75) is 40.0 Å². The fraction of sp³-hybridized carbons (Fsp3) is 0.571. The van der Waals surface area contributed by atoms with Gasteiger partial charge in [-0.2, -0.15) is 0 Å². The lowest BCUT2D eigenvalue weighted by atomic mass is 10.1. The zero-order valence-corrected chi connectivity index (χ0v) is 20.1. The fourth-order valence-corrected chi connectivity index (χ4v) is 3.25. The van der Waals surface area contributed by atoms with Crippen molar-refractivity contribution >= 4 is 47.4 Å². The van der Waals surface area contributed by atoms with Gasteiger partial charge in [0.2, 0.25) is 11.8 Å². The SMILES string of the molecule is CCNC(=NCCN(CC)c1cccc(C)c1)NCCN1C(=O)CCCC1=O.I. The molecule has 0 atom stereocenters. The number of hydrogen-bond donors (Lipinski definition) is 2. The molecular formula is C21H34IN5O2. The minimum absolute atomic E-state index is 0. The molecule has 2 rings (SSSR count). The van der Waals surface area contributed by atoms with Crippen molar-refractivity contribution in [1.29, 1.82) is 0 Å². The smallest absolute Gasteiger partial charge is 0.229 e. The molecule has 1 aromatic rings. The standard InChI is InChI=1S/C21H33N5O2.HI/c1-4-22-21(24-13-15-26-19(27)10-7-11-20(26)28)23-12-14-25(5-2)18-9-6-8-17(3)16-18;/h6,8-9,16H,4-5,7,10-15H2,1-3H3,(H2,22,23,24);1H. The van der Waals surface area contributed by atoms with Crippen LogP contribution in [0.1, 0.15) is 38.7 Å². The maximum absolute atomic E-state index is 11.9. The van der Waals surface area contributed by atoms with E-state index >= 15 is 0 Å². The van der Waals surface area contributed by atoms with Crippen molar-refractivity contribution < 1.29 is 9.59 Å². The molecule has 0 radical (unpaired) electrons. The summed E-state index contributed by atoms with van der Waals surface area (Å²) in [5.74, 6) is 0.563. The molecule has 162 valence electrons. The summed E-state index contributed by atoms with van der Waals surface area (Å²) >= 11 is 0. The highest BCUT2D eigenvalue weighted by atomic mass is 127. The second-order valence-corrected chi connectivity index (χ2v) is 6.90. The van der Waals surface area contributed by atoms with Crippen molar-refractivity contribution in [2.24, 2.45) is 4.99 Å². The molecule has 0 unspecified atom stereocenters. The summed E-state index contributed by atoms with van der Waals surface area (Å²) in [5.41, 5.74) is 2.45. The number of halogens is 1. The summed E-state index contributed by atoms with van der Waals surface area (Å²) in [6.07, 6.45) is 1.60. The van der Waals surface area contributed by atoms with Crippen LogP contribution in [-0.2, 0) is 9.59 Å². The number of benzene rings is 1. The van der Waals surface area contributed by atoms with Gasteiger partial charge in [-0.1, -0.05) is 12.1 Å². The number of likely N-dealkylation sites (N-methyl/N-ethyl adjacent to an activating group) is 1. The molecule has 8 heteroatoms. The Morgan fingerprint density at radius 1 is 1.17 bits per heavy atom. The number of hydrogen-bond acceptors (Lipinski definition) is 4. The summed E-state index contributed by atoms with van der Waals surface area (Å²) in [7, 11) is 0. The molecule has 0 bridgehead atoms. The van der Waals surface area contributed by atoms with Gasteiger partial charge < -0.3 is 15.5 Å². The van der Waals surface area contributed by atoms with Crippen LogP contribution >= 0.6 is 24.0 Å². The third-order valence-corrected chi connectivity index (χ3v) is 4.74. The molecule has 1 aliphatic rings. The van der Waals surface area contributed by atoms with Gasteiger partial charge in [-0.05, 0) is 44.9 Å². The molecule has 2 amide bonds. The average Bonchev–Trinajstić information content (AvgIpc) is 2.67. The minimum Gasteiger partial charge on any atom is -0.370 e. The van der Waals surface area contributed by atoms with Crippen LogP contribution in [0.15, 0.2) is 29.3 Å². The van der Waals surface area contributed by atoms with Crippen LogP contribution in [0.3, 0.4) is 0 Å². The highest BCUT2D eigenvalue weighted by Gasteiger charge is 2.25. The van der Waals surface area contributed by atoms with Gasteiger partial charge in [0.05, 0.1) is 6.54 Å². The van der Waals surface area contributed by atoms with Crippen molar-refractivity contribution in [2.75, 3.05) is 44.2 Å². The Morgan fingerprint density at radius 3 is 2.52 bits per heavy atom. The van der Waals surface area contributed by atoms with E-state index < -0.39 is 0 Å². The van der Waals surface area contributed by atoms with Crippen molar-refractivity contribution in [3.8, 4) is 0 Å². The first kappa shape index (κ1) is 25.2. The Morgan fingerprint density at radius 2 is 1.90 bits per heavy atom. The molecule has 7 nitrogen and oxygen atoms in total. The van der Waals surface area contributed by atoms with Gasteiger partial charge in [0.25, 0.3) is 0 Å². The fourth-order valence-electron chi connectivity index (χ4n) is 3.25. The number of aliphatic imine (C=N–C) groups is 1. The molecule has 1 heterocycles. The number of aryl methyl sites for hydroxylation is 1. The summed E-state index contributed by atoms with van der Waals surface area (Å²) < 4.78 is 0. The van der Waals surface area contributed by atoms with E-state index in [2.05, 4.69) is 58.6 Å². The first-order chi connectivity index (χ1) is 13.5. The summed E-state index contributed by atoms with van der Waals surface area (Å²) in [6.45, 7) is 10.3. The van der Waals surface area contributed by atoms with E-state index in [0.717, 1.165) is 19.6 Å². The Hall–Kier alpha value is -1.84. The number of anilines is 1. The zero-order chi connectivity index (χ0) is 20.4. The second kappa shape index (κ2) is 13.4. The molecule has 0 saturated carbocycles. The molecule has 0 spiro atoms. The number of guanidine groups is 1. The number of nitrogens with one attached hydrogen (secondary N) is 2. The van der Waals surface area contributed by atoms with Crippen LogP contribution in [0, 0.1) is 6.92 Å². The Labute approximate surface area is 191 Å². The predicted molar refractivity (Wildman–Crippen MR) is 129 cm³/mol. The number of amides is 2. The monoisotopic (exact) mass is 515 g/mol. The number of nitrogens with zero attached hydrogens (tertiary/aromatic N) is 3. The summed E-state index contributed by atoms with van der Waals surface area (Å²) in [5, 5.41) is 6.44. The molecule has 29 heavy (non-hydrogen) atoms. The Kier molecular flexibility index (Phi) is 11.6. The molecule has 1 aliphatic heterocycles. The second-order valence-electron chi connectivity index (χ2n) is 6.90. The van der Waals surface area contributed by atoms with E-state index in [9.17, 15) is 9.59 Å². The van der Waals surface area contributed by atoms with E-state index in [1.165, 1.54) is 16.2 Å². The van der Waals surface area contributed by atoms with Crippen LogP contribution in [0.2, 0.25) is 0 Å². The van der Waals surface area contributed by atoms with Crippen LogP contribution in [0.5, 0.6) is 0 Å². The first-order valence-electron chi connectivity index (χ1n) is 10.2. The Balaban J connectivity index is 0.00000420. The maximum atomic E-state index is 11.9. The third kappa shape index (κ3) is 8.20. The minimum atomic E-state index is -0.0725. The van der Waals surface area contributed by atoms with Crippen molar-refractivity contribution in [3.63, 3.8) is 0 Å². The lowest BCUT2D eigenvalue weighted by Crippen LogP contribution is -2.46. The molecule has 1 aromatic carbocycles. The van der Waals surface area contributed by atoms with Crippen LogP contribution in [0.25, 0.3) is 0 Å². The van der Waals surface area contributed by atoms with Crippen molar-refractivity contribution in [1.82, 2.24) is 15.5 Å². The number of carbonyl (C=O) groups is 2. The first-order valence-corrected chi connectivity index (χ1v) is 10.2. The van der Waals surface area contributed by atoms with E-state index in [-0.39, 0.29) is 35.8 Å². The number of rotatable bonds is 9. The highest BCUT2D eigenvalue weighted by Crippen LogP contribution is 2.15. The lowest BCUT2D eigenvalue weighted by molar-refractivity contribution is -0.147. The van der Waals surface area contributed by atoms with Gasteiger partial charge in [-0.25, -0.2) is 0 Å². The van der Waals surface area contributed by atoms with Gasteiger partial charge in [0.1, 0.15) is 0 Å². The summed E-state index contributed by atoms with van der Waals surface area (Å²) in [4.78, 5) is 32.0. The topological polar surface area (TPSA) is 77.0 Å². The number of imide groups is 1. The van der Waals surface area contributed by atoms with Crippen molar-refractivity contribution in [3.05, 3.63) is 29.8 Å². The molecule has 1 fully saturated rings. The van der Waals surface area contributed by atoms with Gasteiger partial charge in [-0.3, -0.25) is 19.5 Å². The third-order valence-electron chi connectivity index (χ3n) is 4.74. The van der Waals surface area contributed by atoms with Crippen LogP contribution in [-0.4, -0.2) is 61.9 Å². The molecule has 0 aliphatic carbocycles. The predicted octanol–water partition coefficient (Wildman–Crippen LogP) is 2.53. The van der Waals surface area contributed by atoms with Gasteiger partial charge >= 0.3 is 0 Å². The quantitative estimate of drug-likeness (QED) is 0.229. The number of piperidine rings is 1. The van der Waals surface area contributed by atoms with E-state index in [4.69, 9.17) is 0 Å². The zero-order valence-electron chi connectivity index (χ0n) is 17.7. The average molecular weight is 515 g/mol. The van der Waals surface area contributed by atoms with E-state index in [1.807, 2.05) is 6.92 Å². The molecule has 1 saturated heterocycles. The van der Waals surface area contributed by atoms with E-state index in [1.54, 1.807) is 0 Å². The van der Waals surface area contributed by atoms with Crippen LogP contribution in [0.4, 0.5) is 5.69 Å². The number of likely N-dealkylation sites (tertiary alicyclic amines) is 1.